The molecule has 0 radical (unpaired) electrons. The summed E-state index contributed by atoms with van der Waals surface area (Å²) in [6.45, 7) is 4.80. The number of piperidine rings is 1. The highest BCUT2D eigenvalue weighted by Crippen LogP contribution is 2.17. The molecule has 1 amide bonds. The van der Waals surface area contributed by atoms with E-state index in [9.17, 15) is 9.90 Å². The van der Waals surface area contributed by atoms with Crippen LogP contribution in [0.1, 0.15) is 31.7 Å². The van der Waals surface area contributed by atoms with Crippen molar-refractivity contribution < 1.29 is 9.90 Å². The van der Waals surface area contributed by atoms with Gasteiger partial charge in [-0.15, -0.1) is 0 Å². The first-order valence-electron chi connectivity index (χ1n) is 7.89. The van der Waals surface area contributed by atoms with E-state index >= 15 is 0 Å². The number of anilines is 1. The molecule has 1 fully saturated rings. The third-order valence-corrected chi connectivity index (χ3v) is 5.02. The Morgan fingerprint density at radius 3 is 2.86 bits per heavy atom. The first kappa shape index (κ1) is 17.3. The molecule has 0 aliphatic carbocycles. The van der Waals surface area contributed by atoms with Gasteiger partial charge in [0.25, 0.3) is 0 Å². The summed E-state index contributed by atoms with van der Waals surface area (Å²) in [6, 6.07) is 8.06. The molecule has 2 rings (SSSR count). The summed E-state index contributed by atoms with van der Waals surface area (Å²) in [5.74, 6) is 0.0695. The largest absolute Gasteiger partial charge is 0.393 e. The van der Waals surface area contributed by atoms with Crippen LogP contribution in [0.3, 0.4) is 0 Å². The lowest BCUT2D eigenvalue weighted by atomic mass is 10.1. The van der Waals surface area contributed by atoms with Crippen LogP contribution >= 0.6 is 11.8 Å². The van der Waals surface area contributed by atoms with E-state index in [1.807, 2.05) is 24.5 Å². The zero-order valence-corrected chi connectivity index (χ0v) is 14.2. The summed E-state index contributed by atoms with van der Waals surface area (Å²) in [6.07, 6.45) is 4.12. The topological polar surface area (TPSA) is 52.6 Å². The lowest BCUT2D eigenvalue weighted by Crippen LogP contribution is -2.35. The molecule has 1 atom stereocenters. The molecule has 0 unspecified atom stereocenters. The summed E-state index contributed by atoms with van der Waals surface area (Å²) in [5, 5.41) is 12.9. The van der Waals surface area contributed by atoms with Crippen molar-refractivity contribution in [3.05, 3.63) is 29.8 Å². The average molecular weight is 322 g/mol. The summed E-state index contributed by atoms with van der Waals surface area (Å²) < 4.78 is 0. The van der Waals surface area contributed by atoms with Crippen molar-refractivity contribution in [1.29, 1.82) is 0 Å². The zero-order chi connectivity index (χ0) is 15.9. The summed E-state index contributed by atoms with van der Waals surface area (Å²) >= 11 is 1.70. The van der Waals surface area contributed by atoms with Crippen LogP contribution in [0, 0.1) is 0 Å². The number of hydrogen-bond acceptors (Lipinski definition) is 4. The van der Waals surface area contributed by atoms with E-state index in [1.165, 1.54) is 5.56 Å². The Balaban J connectivity index is 1.88. The molecule has 0 bridgehead atoms. The van der Waals surface area contributed by atoms with Gasteiger partial charge in [0.05, 0.1) is 6.10 Å². The fourth-order valence-electron chi connectivity index (χ4n) is 2.64. The molecule has 1 aromatic rings. The van der Waals surface area contributed by atoms with Crippen LogP contribution in [0.25, 0.3) is 0 Å². The minimum atomic E-state index is -0.139. The Kier molecular flexibility index (Phi) is 6.73. The van der Waals surface area contributed by atoms with Crippen LogP contribution in [-0.2, 0) is 11.3 Å². The third-order valence-electron chi connectivity index (χ3n) is 4.05. The maximum absolute atomic E-state index is 12.0. The molecule has 22 heavy (non-hydrogen) atoms. The first-order valence-corrected chi connectivity index (χ1v) is 9.17. The van der Waals surface area contributed by atoms with Crippen LogP contribution < -0.4 is 5.32 Å². The van der Waals surface area contributed by atoms with Crippen molar-refractivity contribution in [2.75, 3.05) is 24.7 Å². The van der Waals surface area contributed by atoms with Gasteiger partial charge in [0, 0.05) is 37.0 Å². The summed E-state index contributed by atoms with van der Waals surface area (Å²) in [4.78, 5) is 14.3. The average Bonchev–Trinajstić information content (AvgIpc) is 2.49. The van der Waals surface area contributed by atoms with E-state index in [-0.39, 0.29) is 12.0 Å². The Morgan fingerprint density at radius 1 is 1.45 bits per heavy atom. The standard InChI is InChI=1S/C17H26N2O2S/c1-13(22-2)10-17(21)18-15-5-3-4-14(11-15)12-19-8-6-16(20)7-9-19/h3-5,11,13,16,20H,6-10,12H2,1-2H3,(H,18,21)/t13-/m1/s1. The second kappa shape index (κ2) is 8.56. The van der Waals surface area contributed by atoms with E-state index in [2.05, 4.69) is 23.2 Å². The Labute approximate surface area is 137 Å². The number of carbonyl (C=O) groups is 1. The van der Waals surface area contributed by atoms with Crippen molar-refractivity contribution in [2.24, 2.45) is 0 Å². The number of nitrogens with one attached hydrogen (secondary N) is 1. The van der Waals surface area contributed by atoms with Crippen molar-refractivity contribution >= 4 is 23.4 Å². The van der Waals surface area contributed by atoms with Crippen molar-refractivity contribution in [1.82, 2.24) is 4.90 Å². The Hall–Kier alpha value is -1.04. The fourth-order valence-corrected chi connectivity index (χ4v) is 2.96. The third kappa shape index (κ3) is 5.63. The first-order chi connectivity index (χ1) is 10.6. The molecule has 0 spiro atoms. The molecule has 122 valence electrons. The van der Waals surface area contributed by atoms with Crippen molar-refractivity contribution in [3.63, 3.8) is 0 Å². The number of rotatable bonds is 6. The maximum atomic E-state index is 12.0. The molecule has 1 aromatic carbocycles. The van der Waals surface area contributed by atoms with Gasteiger partial charge in [0.1, 0.15) is 0 Å². The number of aliphatic hydroxyl groups excluding tert-OH is 1. The Bertz CT molecular complexity index is 487. The van der Waals surface area contributed by atoms with Gasteiger partial charge in [-0.3, -0.25) is 9.69 Å². The molecular formula is C17H26N2O2S. The SMILES string of the molecule is CS[C@H](C)CC(=O)Nc1cccc(CN2CCC(O)CC2)c1. The lowest BCUT2D eigenvalue weighted by molar-refractivity contribution is -0.116. The van der Waals surface area contributed by atoms with Crippen molar-refractivity contribution in [2.45, 2.75) is 44.1 Å². The molecule has 0 saturated carbocycles. The molecule has 1 saturated heterocycles. The van der Waals surface area contributed by atoms with E-state index in [0.717, 1.165) is 38.2 Å². The van der Waals surface area contributed by atoms with Crippen LogP contribution in [-0.4, -0.2) is 46.6 Å². The van der Waals surface area contributed by atoms with Crippen LogP contribution in [0.15, 0.2) is 24.3 Å². The van der Waals surface area contributed by atoms with Crippen LogP contribution in [0.2, 0.25) is 0 Å². The van der Waals surface area contributed by atoms with Gasteiger partial charge >= 0.3 is 0 Å². The smallest absolute Gasteiger partial charge is 0.225 e. The predicted molar refractivity (Wildman–Crippen MR) is 93.2 cm³/mol. The molecule has 2 N–H and O–H groups in total. The van der Waals surface area contributed by atoms with E-state index in [4.69, 9.17) is 0 Å². The molecule has 0 aromatic heterocycles. The van der Waals surface area contributed by atoms with Gasteiger partial charge in [-0.25, -0.2) is 0 Å². The number of benzene rings is 1. The van der Waals surface area contributed by atoms with E-state index in [1.54, 1.807) is 11.8 Å². The summed E-state index contributed by atoms with van der Waals surface area (Å²) in [5.41, 5.74) is 2.07. The fraction of sp³-hybridized carbons (Fsp3) is 0.588. The summed E-state index contributed by atoms with van der Waals surface area (Å²) in [7, 11) is 0. The second-order valence-corrected chi connectivity index (χ2v) is 7.28. The van der Waals surface area contributed by atoms with Crippen LogP contribution in [0.5, 0.6) is 0 Å². The number of nitrogens with zero attached hydrogens (tertiary/aromatic N) is 1. The highest BCUT2D eigenvalue weighted by molar-refractivity contribution is 7.99. The molecule has 1 aliphatic rings. The molecular weight excluding hydrogens is 296 g/mol. The highest BCUT2D eigenvalue weighted by atomic mass is 32.2. The molecule has 5 heteroatoms. The van der Waals surface area contributed by atoms with E-state index < -0.39 is 0 Å². The second-order valence-electron chi connectivity index (χ2n) is 6.01. The Morgan fingerprint density at radius 2 is 2.18 bits per heavy atom. The zero-order valence-electron chi connectivity index (χ0n) is 13.4. The van der Waals surface area contributed by atoms with Crippen molar-refractivity contribution in [3.8, 4) is 0 Å². The van der Waals surface area contributed by atoms with Gasteiger partial charge in [-0.2, -0.15) is 11.8 Å². The highest BCUT2D eigenvalue weighted by Gasteiger charge is 2.17. The number of carbonyl (C=O) groups excluding carboxylic acids is 1. The van der Waals surface area contributed by atoms with Gasteiger partial charge < -0.3 is 10.4 Å². The number of hydrogen-bond donors (Lipinski definition) is 2. The quantitative estimate of drug-likeness (QED) is 0.845. The van der Waals surface area contributed by atoms with Gasteiger partial charge in [-0.05, 0) is 36.8 Å². The van der Waals surface area contributed by atoms with Gasteiger partial charge in [0.2, 0.25) is 5.91 Å². The number of thioether (sulfide) groups is 1. The van der Waals surface area contributed by atoms with Crippen LogP contribution in [0.4, 0.5) is 5.69 Å². The molecule has 4 nitrogen and oxygen atoms in total. The molecule has 1 heterocycles. The van der Waals surface area contributed by atoms with E-state index in [0.29, 0.717) is 11.7 Å². The van der Waals surface area contributed by atoms with Gasteiger partial charge in [-0.1, -0.05) is 19.1 Å². The number of aliphatic hydroxyl groups is 1. The minimum absolute atomic E-state index is 0.0695. The predicted octanol–water partition coefficient (Wildman–Crippen LogP) is 2.72. The number of likely N-dealkylation sites (tertiary alicyclic amines) is 1. The molecule has 1 aliphatic heterocycles. The number of amides is 1. The normalized spacial score (nSPS) is 18.1. The minimum Gasteiger partial charge on any atom is -0.393 e. The monoisotopic (exact) mass is 322 g/mol. The van der Waals surface area contributed by atoms with Gasteiger partial charge in [0.15, 0.2) is 0 Å². The lowest BCUT2D eigenvalue weighted by Gasteiger charge is -2.29. The maximum Gasteiger partial charge on any atom is 0.225 e.